The standard InChI is InChI=1S/C8H13O3/c1-4-7(9)8(3)10-5-6(2)11-8/h6H,2,4-5H2,1,3H3. The minimum atomic E-state index is -1.03. The van der Waals surface area contributed by atoms with Crippen LogP contribution in [0.25, 0.3) is 0 Å². The first-order valence-electron chi connectivity index (χ1n) is 3.76. The van der Waals surface area contributed by atoms with E-state index in [1.165, 1.54) is 0 Å². The van der Waals surface area contributed by atoms with Crippen LogP contribution < -0.4 is 0 Å². The maximum atomic E-state index is 11.2. The van der Waals surface area contributed by atoms with E-state index < -0.39 is 5.79 Å². The van der Waals surface area contributed by atoms with Crippen molar-refractivity contribution in [1.82, 2.24) is 0 Å². The molecule has 63 valence electrons. The molecule has 0 saturated carbocycles. The summed E-state index contributed by atoms with van der Waals surface area (Å²) in [6, 6.07) is 0. The molecule has 1 saturated heterocycles. The number of carbonyl (C=O) groups is 1. The summed E-state index contributed by atoms with van der Waals surface area (Å²) in [5.41, 5.74) is 0. The maximum Gasteiger partial charge on any atom is 0.226 e. The van der Waals surface area contributed by atoms with Crippen LogP contribution >= 0.6 is 0 Å². The molecule has 1 radical (unpaired) electrons. The van der Waals surface area contributed by atoms with Gasteiger partial charge in [0.25, 0.3) is 0 Å². The molecule has 1 rings (SSSR count). The monoisotopic (exact) mass is 157 g/mol. The van der Waals surface area contributed by atoms with Crippen molar-refractivity contribution in [2.24, 2.45) is 0 Å². The van der Waals surface area contributed by atoms with Crippen molar-refractivity contribution in [2.45, 2.75) is 32.2 Å². The molecule has 0 aromatic carbocycles. The van der Waals surface area contributed by atoms with Gasteiger partial charge in [-0.25, -0.2) is 0 Å². The number of hydrogen-bond donors (Lipinski definition) is 0. The predicted molar refractivity (Wildman–Crippen MR) is 39.9 cm³/mol. The fourth-order valence-corrected chi connectivity index (χ4v) is 1.11. The number of Topliss-reactive ketones (excluding diaryl/α,β-unsaturated/α-hetero) is 1. The van der Waals surface area contributed by atoms with Gasteiger partial charge in [-0.3, -0.25) is 4.79 Å². The van der Waals surface area contributed by atoms with Gasteiger partial charge in [-0.05, 0) is 13.8 Å². The largest absolute Gasteiger partial charge is 0.341 e. The van der Waals surface area contributed by atoms with E-state index in [2.05, 4.69) is 6.92 Å². The molecule has 0 aliphatic carbocycles. The Morgan fingerprint density at radius 1 is 1.82 bits per heavy atom. The highest BCUT2D eigenvalue weighted by atomic mass is 16.7. The van der Waals surface area contributed by atoms with E-state index in [4.69, 9.17) is 9.47 Å². The van der Waals surface area contributed by atoms with Crippen LogP contribution in [0.2, 0.25) is 0 Å². The number of rotatable bonds is 2. The molecule has 0 aromatic rings. The molecule has 1 aliphatic rings. The molecule has 11 heavy (non-hydrogen) atoms. The van der Waals surface area contributed by atoms with Gasteiger partial charge in [0.05, 0.1) is 12.7 Å². The fraction of sp³-hybridized carbons (Fsp3) is 0.750. The van der Waals surface area contributed by atoms with E-state index in [0.29, 0.717) is 13.0 Å². The summed E-state index contributed by atoms with van der Waals surface area (Å²) < 4.78 is 10.4. The first kappa shape index (κ1) is 8.68. The van der Waals surface area contributed by atoms with E-state index in [9.17, 15) is 4.79 Å². The second-order valence-corrected chi connectivity index (χ2v) is 2.77. The Bertz CT molecular complexity index is 167. The molecule has 0 bridgehead atoms. The molecule has 0 aromatic heterocycles. The van der Waals surface area contributed by atoms with E-state index in [-0.39, 0.29) is 11.9 Å². The maximum absolute atomic E-state index is 11.2. The first-order valence-corrected chi connectivity index (χ1v) is 3.76. The highest BCUT2D eigenvalue weighted by molar-refractivity contribution is 5.85. The van der Waals surface area contributed by atoms with Crippen molar-refractivity contribution >= 4 is 5.78 Å². The number of carbonyl (C=O) groups excluding carboxylic acids is 1. The average molecular weight is 157 g/mol. The molecular formula is C8H13O3. The van der Waals surface area contributed by atoms with Crippen molar-refractivity contribution in [2.75, 3.05) is 6.61 Å². The second kappa shape index (κ2) is 2.91. The molecule has 2 unspecified atom stereocenters. The summed E-state index contributed by atoms with van der Waals surface area (Å²) in [6.07, 6.45) is 0.221. The molecule has 1 aliphatic heterocycles. The Labute approximate surface area is 66.7 Å². The number of ether oxygens (including phenoxy) is 2. The molecule has 2 atom stereocenters. The minimum absolute atomic E-state index is 0.0244. The zero-order chi connectivity index (χ0) is 8.48. The Kier molecular flexibility index (Phi) is 2.30. The summed E-state index contributed by atoms with van der Waals surface area (Å²) in [4.78, 5) is 11.2. The van der Waals surface area contributed by atoms with Gasteiger partial charge >= 0.3 is 0 Å². The Morgan fingerprint density at radius 3 is 2.82 bits per heavy atom. The van der Waals surface area contributed by atoms with Gasteiger partial charge < -0.3 is 9.47 Å². The van der Waals surface area contributed by atoms with Crippen molar-refractivity contribution in [3.05, 3.63) is 6.92 Å². The molecule has 0 amide bonds. The predicted octanol–water partition coefficient (Wildman–Crippen LogP) is 0.931. The van der Waals surface area contributed by atoms with Gasteiger partial charge in [-0.2, -0.15) is 0 Å². The van der Waals surface area contributed by atoms with Crippen LogP contribution in [0.3, 0.4) is 0 Å². The van der Waals surface area contributed by atoms with Gasteiger partial charge in [0.2, 0.25) is 5.79 Å². The Balaban J connectivity index is 2.61. The van der Waals surface area contributed by atoms with E-state index in [1.807, 2.05) is 0 Å². The van der Waals surface area contributed by atoms with Crippen LogP contribution in [0.1, 0.15) is 20.3 Å². The SMILES string of the molecule is [CH2]C1COC(C)(C(=O)CC)O1. The summed E-state index contributed by atoms with van der Waals surface area (Å²) in [6.45, 7) is 7.49. The third-order valence-electron chi connectivity index (χ3n) is 1.76. The average Bonchev–Trinajstić information content (AvgIpc) is 2.31. The lowest BCUT2D eigenvalue weighted by molar-refractivity contribution is -0.176. The molecule has 0 spiro atoms. The van der Waals surface area contributed by atoms with Gasteiger partial charge in [0.15, 0.2) is 5.78 Å². The zero-order valence-corrected chi connectivity index (χ0v) is 6.92. The third-order valence-corrected chi connectivity index (χ3v) is 1.76. The van der Waals surface area contributed by atoms with Crippen molar-refractivity contribution < 1.29 is 14.3 Å². The van der Waals surface area contributed by atoms with Crippen LogP contribution in [-0.2, 0) is 14.3 Å². The third kappa shape index (κ3) is 1.60. The fourth-order valence-electron chi connectivity index (χ4n) is 1.11. The zero-order valence-electron chi connectivity index (χ0n) is 6.92. The van der Waals surface area contributed by atoms with Gasteiger partial charge in [0, 0.05) is 6.42 Å². The summed E-state index contributed by atoms with van der Waals surface area (Å²) in [5, 5.41) is 0. The molecular weight excluding hydrogens is 144 g/mol. The molecule has 3 heteroatoms. The lowest BCUT2D eigenvalue weighted by atomic mass is 10.1. The second-order valence-electron chi connectivity index (χ2n) is 2.77. The van der Waals surface area contributed by atoms with Crippen LogP contribution in [0.5, 0.6) is 0 Å². The van der Waals surface area contributed by atoms with Crippen molar-refractivity contribution in [3.8, 4) is 0 Å². The van der Waals surface area contributed by atoms with Crippen LogP contribution in [0, 0.1) is 6.92 Å². The van der Waals surface area contributed by atoms with E-state index in [1.54, 1.807) is 13.8 Å². The summed E-state index contributed by atoms with van der Waals surface area (Å²) >= 11 is 0. The summed E-state index contributed by atoms with van der Waals surface area (Å²) in [5.74, 6) is -1.05. The molecule has 3 nitrogen and oxygen atoms in total. The lowest BCUT2D eigenvalue weighted by Gasteiger charge is -2.19. The smallest absolute Gasteiger partial charge is 0.226 e. The van der Waals surface area contributed by atoms with E-state index >= 15 is 0 Å². The highest BCUT2D eigenvalue weighted by Crippen LogP contribution is 2.24. The summed E-state index contributed by atoms with van der Waals surface area (Å²) in [7, 11) is 0. The lowest BCUT2D eigenvalue weighted by Crippen LogP contribution is -2.36. The highest BCUT2D eigenvalue weighted by Gasteiger charge is 2.40. The van der Waals surface area contributed by atoms with Gasteiger partial charge in [-0.15, -0.1) is 0 Å². The molecule has 1 heterocycles. The van der Waals surface area contributed by atoms with E-state index in [0.717, 1.165) is 0 Å². The first-order chi connectivity index (χ1) is 5.08. The number of hydrogen-bond acceptors (Lipinski definition) is 3. The van der Waals surface area contributed by atoms with Crippen LogP contribution in [-0.4, -0.2) is 24.3 Å². The normalized spacial score (nSPS) is 37.5. The van der Waals surface area contributed by atoms with Crippen LogP contribution in [0.4, 0.5) is 0 Å². The van der Waals surface area contributed by atoms with Gasteiger partial charge in [0.1, 0.15) is 0 Å². The topological polar surface area (TPSA) is 35.5 Å². The van der Waals surface area contributed by atoms with Crippen molar-refractivity contribution in [3.63, 3.8) is 0 Å². The van der Waals surface area contributed by atoms with Crippen molar-refractivity contribution in [1.29, 1.82) is 0 Å². The Hall–Kier alpha value is -0.410. The molecule has 0 N–H and O–H groups in total. The quantitative estimate of drug-likeness (QED) is 0.598. The van der Waals surface area contributed by atoms with Crippen LogP contribution in [0.15, 0.2) is 0 Å². The minimum Gasteiger partial charge on any atom is -0.341 e. The molecule has 1 fully saturated rings. The number of ketones is 1. The Morgan fingerprint density at radius 2 is 2.45 bits per heavy atom. The van der Waals surface area contributed by atoms with Gasteiger partial charge in [-0.1, -0.05) is 6.92 Å².